The van der Waals surface area contributed by atoms with E-state index >= 15 is 0 Å². The molecule has 0 fully saturated rings. The fourth-order valence-electron chi connectivity index (χ4n) is 2.00. The van der Waals surface area contributed by atoms with Crippen LogP contribution in [0.1, 0.15) is 19.0 Å². The molecule has 0 aromatic carbocycles. The van der Waals surface area contributed by atoms with E-state index in [1.165, 1.54) is 15.7 Å². The number of nitrogens with zero attached hydrogens (tertiary/aromatic N) is 4. The van der Waals surface area contributed by atoms with Gasteiger partial charge in [-0.15, -0.1) is 6.58 Å². The Labute approximate surface area is 116 Å². The largest absolute Gasteiger partial charge is 0.480 e. The smallest absolute Gasteiger partial charge is 0.333 e. The summed E-state index contributed by atoms with van der Waals surface area (Å²) in [5.74, 6) is -0.848. The first-order valence-corrected chi connectivity index (χ1v) is 6.21. The van der Waals surface area contributed by atoms with E-state index in [4.69, 9.17) is 5.11 Å². The van der Waals surface area contributed by atoms with Gasteiger partial charge in [0.15, 0.2) is 0 Å². The van der Waals surface area contributed by atoms with Crippen molar-refractivity contribution in [1.82, 2.24) is 9.78 Å². The molecule has 0 aliphatic carbocycles. The lowest BCUT2D eigenvalue weighted by Gasteiger charge is -2.21. The molecule has 8 nitrogen and oxygen atoms in total. The number of hydrogen-bond acceptors (Lipinski definition) is 5. The number of rotatable bonds is 8. The Bertz CT molecular complexity index is 524. The van der Waals surface area contributed by atoms with E-state index in [1.807, 2.05) is 6.92 Å². The zero-order chi connectivity index (χ0) is 15.3. The summed E-state index contributed by atoms with van der Waals surface area (Å²) in [5.41, 5.74) is 0.124. The van der Waals surface area contributed by atoms with Crippen molar-refractivity contribution in [3.63, 3.8) is 0 Å². The molecule has 0 atom stereocenters. The first-order chi connectivity index (χ1) is 9.42. The zero-order valence-corrected chi connectivity index (χ0v) is 11.6. The van der Waals surface area contributed by atoms with Gasteiger partial charge in [0.1, 0.15) is 12.2 Å². The summed E-state index contributed by atoms with van der Waals surface area (Å²) in [4.78, 5) is 23.0. The first-order valence-electron chi connectivity index (χ1n) is 6.21. The van der Waals surface area contributed by atoms with Crippen LogP contribution in [-0.4, -0.2) is 38.9 Å². The summed E-state index contributed by atoms with van der Waals surface area (Å²) in [6, 6.07) is 0. The van der Waals surface area contributed by atoms with Gasteiger partial charge in [-0.3, -0.25) is 14.9 Å². The summed E-state index contributed by atoms with van der Waals surface area (Å²) < 4.78 is 1.49. The molecule has 0 spiro atoms. The van der Waals surface area contributed by atoms with Gasteiger partial charge in [-0.25, -0.2) is 4.68 Å². The molecule has 1 rings (SSSR count). The molecule has 0 aliphatic heterocycles. The molecule has 1 aromatic rings. The highest BCUT2D eigenvalue weighted by Gasteiger charge is 2.29. The molecule has 110 valence electrons. The second kappa shape index (κ2) is 6.69. The van der Waals surface area contributed by atoms with Gasteiger partial charge in [-0.1, -0.05) is 13.0 Å². The molecule has 0 aliphatic rings. The van der Waals surface area contributed by atoms with Crippen molar-refractivity contribution < 1.29 is 14.8 Å². The number of carbonyl (C=O) groups is 1. The Kier molecular flexibility index (Phi) is 5.24. The van der Waals surface area contributed by atoms with Gasteiger partial charge in [0.2, 0.25) is 5.82 Å². The molecule has 1 heterocycles. The molecule has 0 unspecified atom stereocenters. The third-order valence-corrected chi connectivity index (χ3v) is 2.66. The third kappa shape index (κ3) is 3.34. The average Bonchev–Trinajstić information content (AvgIpc) is 2.65. The van der Waals surface area contributed by atoms with Gasteiger partial charge in [0.05, 0.1) is 4.92 Å². The number of aromatic nitrogens is 2. The minimum absolute atomic E-state index is 0.151. The van der Waals surface area contributed by atoms with Crippen LogP contribution in [0.2, 0.25) is 0 Å². The summed E-state index contributed by atoms with van der Waals surface area (Å²) in [7, 11) is 0. The number of carboxylic acid groups (broad SMARTS) is 1. The van der Waals surface area contributed by atoms with Crippen LogP contribution in [-0.2, 0) is 11.3 Å². The third-order valence-electron chi connectivity index (χ3n) is 2.66. The molecular formula is C12H18N4O4. The summed E-state index contributed by atoms with van der Waals surface area (Å²) in [5, 5.41) is 24.3. The second-order valence-electron chi connectivity index (χ2n) is 4.30. The van der Waals surface area contributed by atoms with Crippen LogP contribution < -0.4 is 4.90 Å². The first kappa shape index (κ1) is 15.7. The maximum absolute atomic E-state index is 11.2. The Morgan fingerprint density at radius 2 is 2.30 bits per heavy atom. The van der Waals surface area contributed by atoms with E-state index in [2.05, 4.69) is 11.7 Å². The van der Waals surface area contributed by atoms with E-state index < -0.39 is 10.9 Å². The SMILES string of the molecule is C=CCN(CC(=O)O)c1c([N+](=O)[O-])c(C)nn1CCC. The van der Waals surface area contributed by atoms with Crippen LogP contribution in [0.25, 0.3) is 0 Å². The highest BCUT2D eigenvalue weighted by atomic mass is 16.6. The van der Waals surface area contributed by atoms with Crippen molar-refractivity contribution in [3.8, 4) is 0 Å². The molecule has 1 aromatic heterocycles. The maximum atomic E-state index is 11.2. The molecule has 20 heavy (non-hydrogen) atoms. The van der Waals surface area contributed by atoms with Crippen molar-refractivity contribution in [3.05, 3.63) is 28.5 Å². The van der Waals surface area contributed by atoms with E-state index in [-0.39, 0.29) is 30.3 Å². The van der Waals surface area contributed by atoms with Crippen LogP contribution in [0.4, 0.5) is 11.5 Å². The molecule has 0 saturated carbocycles. The molecule has 1 N–H and O–H groups in total. The Balaban J connectivity index is 3.37. The van der Waals surface area contributed by atoms with E-state index in [9.17, 15) is 14.9 Å². The molecule has 0 radical (unpaired) electrons. The topological polar surface area (TPSA) is 102 Å². The Hall–Kier alpha value is -2.38. The van der Waals surface area contributed by atoms with Gasteiger partial charge < -0.3 is 10.0 Å². The predicted molar refractivity (Wildman–Crippen MR) is 74.0 cm³/mol. The minimum atomic E-state index is -1.07. The minimum Gasteiger partial charge on any atom is -0.480 e. The Morgan fingerprint density at radius 3 is 2.75 bits per heavy atom. The fourth-order valence-corrected chi connectivity index (χ4v) is 2.00. The van der Waals surface area contributed by atoms with Crippen LogP contribution in [0, 0.1) is 17.0 Å². The van der Waals surface area contributed by atoms with E-state index in [0.717, 1.165) is 6.42 Å². The van der Waals surface area contributed by atoms with Crippen LogP contribution in [0.3, 0.4) is 0 Å². The van der Waals surface area contributed by atoms with Gasteiger partial charge in [0.25, 0.3) is 0 Å². The highest BCUT2D eigenvalue weighted by Crippen LogP contribution is 2.31. The van der Waals surface area contributed by atoms with Crippen molar-refractivity contribution in [1.29, 1.82) is 0 Å². The number of anilines is 1. The predicted octanol–water partition coefficient (Wildman–Crippen LogP) is 1.59. The van der Waals surface area contributed by atoms with Crippen molar-refractivity contribution >= 4 is 17.5 Å². The lowest BCUT2D eigenvalue weighted by molar-refractivity contribution is -0.384. The van der Waals surface area contributed by atoms with Crippen molar-refractivity contribution in [2.24, 2.45) is 0 Å². The number of aliphatic carboxylic acids is 1. The van der Waals surface area contributed by atoms with Crippen LogP contribution in [0.15, 0.2) is 12.7 Å². The quantitative estimate of drug-likeness (QED) is 0.441. The molecule has 8 heteroatoms. The molecule has 0 amide bonds. The molecule has 0 bridgehead atoms. The Morgan fingerprint density at radius 1 is 1.65 bits per heavy atom. The van der Waals surface area contributed by atoms with Gasteiger partial charge >= 0.3 is 11.7 Å². The summed E-state index contributed by atoms with van der Waals surface area (Å²) in [6.45, 7) is 7.35. The number of aryl methyl sites for hydroxylation is 2. The van der Waals surface area contributed by atoms with Crippen molar-refractivity contribution in [2.45, 2.75) is 26.8 Å². The second-order valence-corrected chi connectivity index (χ2v) is 4.30. The zero-order valence-electron chi connectivity index (χ0n) is 11.6. The summed E-state index contributed by atoms with van der Waals surface area (Å²) in [6.07, 6.45) is 2.24. The van der Waals surface area contributed by atoms with Gasteiger partial charge in [-0.2, -0.15) is 5.10 Å². The number of hydrogen-bond donors (Lipinski definition) is 1. The van der Waals surface area contributed by atoms with Crippen LogP contribution >= 0.6 is 0 Å². The maximum Gasteiger partial charge on any atom is 0.333 e. The van der Waals surface area contributed by atoms with Crippen molar-refractivity contribution in [2.75, 3.05) is 18.0 Å². The highest BCUT2D eigenvalue weighted by molar-refractivity contribution is 5.75. The lowest BCUT2D eigenvalue weighted by atomic mass is 10.3. The molecular weight excluding hydrogens is 264 g/mol. The normalized spacial score (nSPS) is 10.3. The average molecular weight is 282 g/mol. The summed E-state index contributed by atoms with van der Waals surface area (Å²) >= 11 is 0. The van der Waals surface area contributed by atoms with Gasteiger partial charge in [0, 0.05) is 13.1 Å². The lowest BCUT2D eigenvalue weighted by Crippen LogP contribution is -2.32. The molecule has 0 saturated heterocycles. The fraction of sp³-hybridized carbons (Fsp3) is 0.500. The number of nitro groups is 1. The van der Waals surface area contributed by atoms with E-state index in [0.29, 0.717) is 6.54 Å². The van der Waals surface area contributed by atoms with Gasteiger partial charge in [-0.05, 0) is 13.3 Å². The monoisotopic (exact) mass is 282 g/mol. The standard InChI is InChI=1S/C12H18N4O4/c1-4-6-14(8-10(17)18)12-11(16(19)20)9(3)13-15(12)7-5-2/h4H,1,5-8H2,2-3H3,(H,17,18). The van der Waals surface area contributed by atoms with Crippen LogP contribution in [0.5, 0.6) is 0 Å². The van der Waals surface area contributed by atoms with E-state index in [1.54, 1.807) is 6.92 Å². The number of carboxylic acids is 1.